The summed E-state index contributed by atoms with van der Waals surface area (Å²) in [5.74, 6) is 0.724. The van der Waals surface area contributed by atoms with Gasteiger partial charge in [-0.1, -0.05) is 18.6 Å². The van der Waals surface area contributed by atoms with E-state index in [9.17, 15) is 8.42 Å². The first-order chi connectivity index (χ1) is 13.8. The van der Waals surface area contributed by atoms with E-state index in [0.717, 1.165) is 43.2 Å². The van der Waals surface area contributed by atoms with Crippen LogP contribution < -0.4 is 15.4 Å². The molecule has 1 aliphatic carbocycles. The lowest BCUT2D eigenvalue weighted by molar-refractivity contribution is 0.0778. The van der Waals surface area contributed by atoms with E-state index in [2.05, 4.69) is 15.4 Å². The van der Waals surface area contributed by atoms with Crippen LogP contribution in [0, 0.1) is 19.3 Å². The molecular weight excluding hydrogens is 515 g/mol. The molecule has 2 rings (SSSR count). The van der Waals surface area contributed by atoms with Crippen LogP contribution in [0.5, 0.6) is 0 Å². The molecule has 1 aromatic carbocycles. The second kappa shape index (κ2) is 12.8. The first-order valence-electron chi connectivity index (χ1n) is 10.4. The summed E-state index contributed by atoms with van der Waals surface area (Å²) in [6.07, 6.45) is 4.66. The molecule has 1 aliphatic rings. The van der Waals surface area contributed by atoms with E-state index in [1.54, 1.807) is 13.2 Å². The van der Waals surface area contributed by atoms with Crippen molar-refractivity contribution in [1.29, 1.82) is 0 Å². The third-order valence-corrected chi connectivity index (χ3v) is 7.11. The maximum Gasteiger partial charge on any atom is 0.240 e. The van der Waals surface area contributed by atoms with Crippen LogP contribution in [0.15, 0.2) is 28.1 Å². The van der Waals surface area contributed by atoms with Crippen molar-refractivity contribution in [2.75, 3.05) is 39.9 Å². The number of nitrogens with zero attached hydrogens (tertiary/aromatic N) is 1. The summed E-state index contributed by atoms with van der Waals surface area (Å²) in [6.45, 7) is 8.74. The molecule has 3 N–H and O–H groups in total. The first-order valence-corrected chi connectivity index (χ1v) is 11.9. The maximum atomic E-state index is 12.6. The number of hydrogen-bond donors (Lipinski definition) is 3. The number of hydrogen-bond acceptors (Lipinski definition) is 4. The molecule has 0 unspecified atom stereocenters. The van der Waals surface area contributed by atoms with Crippen LogP contribution in [-0.4, -0.2) is 54.3 Å². The van der Waals surface area contributed by atoms with Gasteiger partial charge in [-0.2, -0.15) is 0 Å². The highest BCUT2D eigenvalue weighted by Crippen LogP contribution is 2.44. The Labute approximate surface area is 198 Å². The van der Waals surface area contributed by atoms with Gasteiger partial charge in [0.25, 0.3) is 0 Å². The highest BCUT2D eigenvalue weighted by Gasteiger charge is 2.36. The van der Waals surface area contributed by atoms with Crippen molar-refractivity contribution in [3.05, 3.63) is 29.3 Å². The number of halogens is 1. The molecule has 30 heavy (non-hydrogen) atoms. The summed E-state index contributed by atoms with van der Waals surface area (Å²) in [7, 11) is -1.79. The second-order valence-corrected chi connectivity index (χ2v) is 9.62. The summed E-state index contributed by atoms with van der Waals surface area (Å²) in [5, 5.41) is 6.46. The Balaban J connectivity index is 0.00000450. The molecule has 0 heterocycles. The largest absolute Gasteiger partial charge is 0.385 e. The summed E-state index contributed by atoms with van der Waals surface area (Å²) in [6, 6.07) is 5.45. The van der Waals surface area contributed by atoms with Crippen molar-refractivity contribution in [2.24, 2.45) is 10.4 Å². The van der Waals surface area contributed by atoms with Crippen molar-refractivity contribution in [2.45, 2.75) is 51.3 Å². The predicted octanol–water partition coefficient (Wildman–Crippen LogP) is 2.96. The van der Waals surface area contributed by atoms with Crippen molar-refractivity contribution >= 4 is 40.0 Å². The molecule has 0 saturated heterocycles. The van der Waals surface area contributed by atoms with Crippen molar-refractivity contribution < 1.29 is 13.2 Å². The van der Waals surface area contributed by atoms with Crippen molar-refractivity contribution in [3.63, 3.8) is 0 Å². The van der Waals surface area contributed by atoms with Gasteiger partial charge >= 0.3 is 0 Å². The van der Waals surface area contributed by atoms with Crippen LogP contribution in [0.3, 0.4) is 0 Å². The SMILES string of the molecule is CCNC(=NCC1(CCOC)CCC1)NCCNS(=O)(=O)c1cc(C)ccc1C.I. The lowest BCUT2D eigenvalue weighted by atomic mass is 9.67. The van der Waals surface area contributed by atoms with Gasteiger partial charge in [0.05, 0.1) is 4.90 Å². The average Bonchev–Trinajstić information content (AvgIpc) is 2.65. The zero-order valence-electron chi connectivity index (χ0n) is 18.6. The maximum absolute atomic E-state index is 12.6. The standard InChI is InChI=1S/C21H36N4O3S.HI/c1-5-22-20(24-16-21(9-6-10-21)11-14-28-4)23-12-13-25-29(26,27)19-15-17(2)7-8-18(19)3;/h7-8,15,25H,5-6,9-14,16H2,1-4H3,(H2,22,23,24);1H. The van der Waals surface area contributed by atoms with Gasteiger partial charge in [0.15, 0.2) is 5.96 Å². The number of aryl methyl sites for hydroxylation is 2. The molecule has 1 saturated carbocycles. The molecule has 7 nitrogen and oxygen atoms in total. The molecule has 0 radical (unpaired) electrons. The number of nitrogens with one attached hydrogen (secondary N) is 3. The minimum Gasteiger partial charge on any atom is -0.385 e. The zero-order valence-corrected chi connectivity index (χ0v) is 21.7. The van der Waals surface area contributed by atoms with Gasteiger partial charge in [0.1, 0.15) is 0 Å². The fourth-order valence-electron chi connectivity index (χ4n) is 3.51. The molecule has 0 bridgehead atoms. The van der Waals surface area contributed by atoms with E-state index in [1.807, 2.05) is 32.9 Å². The Kier molecular flexibility index (Phi) is 11.6. The van der Waals surface area contributed by atoms with Crippen LogP contribution in [0.2, 0.25) is 0 Å². The molecule has 0 aromatic heterocycles. The van der Waals surface area contributed by atoms with E-state index < -0.39 is 10.0 Å². The summed E-state index contributed by atoms with van der Waals surface area (Å²) in [5.41, 5.74) is 1.92. The highest BCUT2D eigenvalue weighted by molar-refractivity contribution is 14.0. The minimum atomic E-state index is -3.53. The highest BCUT2D eigenvalue weighted by atomic mass is 127. The number of methoxy groups -OCH3 is 1. The molecule has 1 aromatic rings. The fourth-order valence-corrected chi connectivity index (χ4v) is 4.87. The number of rotatable bonds is 11. The molecular formula is C21H37IN4O3S. The van der Waals surface area contributed by atoms with Gasteiger partial charge in [-0.05, 0) is 62.6 Å². The molecule has 0 spiro atoms. The van der Waals surface area contributed by atoms with Crippen LogP contribution in [0.25, 0.3) is 0 Å². The second-order valence-electron chi connectivity index (χ2n) is 7.89. The quantitative estimate of drug-likeness (QED) is 0.170. The topological polar surface area (TPSA) is 91.8 Å². The van der Waals surface area contributed by atoms with Gasteiger partial charge in [0, 0.05) is 39.9 Å². The van der Waals surface area contributed by atoms with Gasteiger partial charge in [-0.25, -0.2) is 13.1 Å². The Bertz CT molecular complexity index is 795. The Morgan fingerprint density at radius 1 is 1.20 bits per heavy atom. The number of guanidine groups is 1. The average molecular weight is 553 g/mol. The van der Waals surface area contributed by atoms with Crippen LogP contribution in [0.4, 0.5) is 0 Å². The van der Waals surface area contributed by atoms with Crippen molar-refractivity contribution in [3.8, 4) is 0 Å². The lowest BCUT2D eigenvalue weighted by Crippen LogP contribution is -2.43. The monoisotopic (exact) mass is 552 g/mol. The molecule has 172 valence electrons. The van der Waals surface area contributed by atoms with Gasteiger partial charge in [0.2, 0.25) is 10.0 Å². The zero-order chi connectivity index (χ0) is 21.3. The summed E-state index contributed by atoms with van der Waals surface area (Å²) < 4.78 is 33.1. The normalized spacial score (nSPS) is 15.8. The fraction of sp³-hybridized carbons (Fsp3) is 0.667. The Morgan fingerprint density at radius 2 is 1.93 bits per heavy atom. The van der Waals surface area contributed by atoms with Gasteiger partial charge < -0.3 is 15.4 Å². The molecule has 0 aliphatic heterocycles. The first kappa shape index (κ1) is 27.1. The smallest absolute Gasteiger partial charge is 0.240 e. The third-order valence-electron chi connectivity index (χ3n) is 5.51. The molecule has 1 fully saturated rings. The van der Waals surface area contributed by atoms with E-state index in [1.165, 1.54) is 19.3 Å². The predicted molar refractivity (Wildman–Crippen MR) is 133 cm³/mol. The van der Waals surface area contributed by atoms with E-state index in [-0.39, 0.29) is 35.9 Å². The number of ether oxygens (including phenoxy) is 1. The number of aliphatic imine (C=N–C) groups is 1. The van der Waals surface area contributed by atoms with Gasteiger partial charge in [-0.15, -0.1) is 24.0 Å². The number of sulfonamides is 1. The lowest BCUT2D eigenvalue weighted by Gasteiger charge is -2.40. The Hall–Kier alpha value is -0.910. The van der Waals surface area contributed by atoms with Crippen LogP contribution in [-0.2, 0) is 14.8 Å². The Morgan fingerprint density at radius 3 is 2.53 bits per heavy atom. The van der Waals surface area contributed by atoms with Crippen LogP contribution in [0.1, 0.15) is 43.7 Å². The van der Waals surface area contributed by atoms with E-state index in [0.29, 0.717) is 11.4 Å². The van der Waals surface area contributed by atoms with Crippen molar-refractivity contribution in [1.82, 2.24) is 15.4 Å². The third kappa shape index (κ3) is 7.97. The van der Waals surface area contributed by atoms with Gasteiger partial charge in [-0.3, -0.25) is 4.99 Å². The summed E-state index contributed by atoms with van der Waals surface area (Å²) >= 11 is 0. The van der Waals surface area contributed by atoms with E-state index in [4.69, 9.17) is 9.73 Å². The molecule has 0 atom stereocenters. The molecule has 9 heteroatoms. The summed E-state index contributed by atoms with van der Waals surface area (Å²) in [4.78, 5) is 5.08. The number of benzene rings is 1. The minimum absolute atomic E-state index is 0. The molecule has 0 amide bonds. The van der Waals surface area contributed by atoms with Crippen LogP contribution >= 0.6 is 24.0 Å². The van der Waals surface area contributed by atoms with E-state index >= 15 is 0 Å².